The molecule has 1 aromatic rings. The van der Waals surface area contributed by atoms with Gasteiger partial charge in [-0.1, -0.05) is 0 Å². The molecule has 9 heteroatoms. The van der Waals surface area contributed by atoms with Crippen molar-refractivity contribution in [1.29, 1.82) is 0 Å². The molecule has 0 aliphatic carbocycles. The highest BCUT2D eigenvalue weighted by Crippen LogP contribution is 2.35. The van der Waals surface area contributed by atoms with Crippen LogP contribution in [0.4, 0.5) is 22.0 Å². The van der Waals surface area contributed by atoms with Crippen molar-refractivity contribution in [2.45, 2.75) is 26.1 Å². The molecule has 0 amide bonds. The molecule has 1 aromatic heterocycles. The molecule has 0 aliphatic heterocycles. The summed E-state index contributed by atoms with van der Waals surface area (Å²) >= 11 is 0. The highest BCUT2D eigenvalue weighted by molar-refractivity contribution is 5.71. The summed E-state index contributed by atoms with van der Waals surface area (Å²) in [6.45, 7) is 1.06. The fraction of sp³-hybridized carbons (Fsp3) is 0.400. The van der Waals surface area contributed by atoms with Crippen molar-refractivity contribution in [1.82, 2.24) is 4.98 Å². The number of aliphatic carboxylic acids is 1. The van der Waals surface area contributed by atoms with Gasteiger partial charge in [0.15, 0.2) is 5.75 Å². The minimum atomic E-state index is -5.17. The maximum atomic E-state index is 12.6. The van der Waals surface area contributed by atoms with Crippen molar-refractivity contribution in [2.24, 2.45) is 0 Å². The van der Waals surface area contributed by atoms with Crippen LogP contribution in [0.3, 0.4) is 0 Å². The molecule has 0 spiro atoms. The highest BCUT2D eigenvalue weighted by Gasteiger charge is 2.35. The fourth-order valence-electron chi connectivity index (χ4n) is 1.38. The van der Waals surface area contributed by atoms with Gasteiger partial charge in [0.05, 0.1) is 6.42 Å². The Morgan fingerprint density at radius 1 is 1.47 bits per heavy atom. The van der Waals surface area contributed by atoms with Crippen LogP contribution in [0.2, 0.25) is 0 Å². The second-order valence-electron chi connectivity index (χ2n) is 3.54. The third-order valence-electron chi connectivity index (χ3n) is 2.18. The number of aromatic nitrogens is 1. The van der Waals surface area contributed by atoms with Gasteiger partial charge in [-0.2, -0.15) is 0 Å². The minimum Gasteiger partial charge on any atom is -0.481 e. The number of rotatable bonds is 4. The van der Waals surface area contributed by atoms with Crippen molar-refractivity contribution in [3.63, 3.8) is 0 Å². The van der Waals surface area contributed by atoms with Gasteiger partial charge in [-0.15, -0.1) is 13.2 Å². The van der Waals surface area contributed by atoms with Crippen molar-refractivity contribution in [3.8, 4) is 5.75 Å². The van der Waals surface area contributed by atoms with Crippen molar-refractivity contribution < 1.29 is 36.6 Å². The summed E-state index contributed by atoms with van der Waals surface area (Å²) in [5.41, 5.74) is -1.63. The number of nitrogens with zero attached hydrogens (tertiary/aromatic N) is 1. The zero-order valence-corrected chi connectivity index (χ0v) is 9.46. The van der Waals surface area contributed by atoms with E-state index in [9.17, 15) is 26.7 Å². The Bertz CT molecular complexity index is 487. The molecule has 0 radical (unpaired) electrons. The van der Waals surface area contributed by atoms with Crippen LogP contribution in [0.25, 0.3) is 0 Å². The molecule has 0 unspecified atom stereocenters. The van der Waals surface area contributed by atoms with Crippen molar-refractivity contribution in [3.05, 3.63) is 23.0 Å². The van der Waals surface area contributed by atoms with E-state index in [2.05, 4.69) is 9.72 Å². The SMILES string of the molecule is Cc1c(CC(=O)O)cnc(C(F)F)c1OC(F)(F)F. The first-order valence-electron chi connectivity index (χ1n) is 4.86. The number of hydrogen-bond donors (Lipinski definition) is 1. The van der Waals surface area contributed by atoms with Gasteiger partial charge in [0, 0.05) is 6.20 Å². The van der Waals surface area contributed by atoms with Crippen LogP contribution in [0, 0.1) is 6.92 Å². The lowest BCUT2D eigenvalue weighted by Gasteiger charge is -2.16. The molecule has 0 bridgehead atoms. The number of ether oxygens (including phenoxy) is 1. The maximum Gasteiger partial charge on any atom is 0.573 e. The van der Waals surface area contributed by atoms with E-state index >= 15 is 0 Å². The molecular formula is C10H8F5NO3. The first kappa shape index (κ1) is 15.1. The number of hydrogen-bond acceptors (Lipinski definition) is 3. The van der Waals surface area contributed by atoms with Crippen LogP contribution in [-0.2, 0) is 11.2 Å². The van der Waals surface area contributed by atoms with Gasteiger partial charge in [-0.05, 0) is 18.1 Å². The largest absolute Gasteiger partial charge is 0.573 e. The third-order valence-corrected chi connectivity index (χ3v) is 2.18. The molecule has 1 heterocycles. The van der Waals surface area contributed by atoms with Crippen molar-refractivity contribution >= 4 is 5.97 Å². The Morgan fingerprint density at radius 2 is 2.05 bits per heavy atom. The van der Waals surface area contributed by atoms with Crippen LogP contribution < -0.4 is 4.74 Å². The molecule has 106 valence electrons. The Kier molecular flexibility index (Phi) is 4.28. The van der Waals surface area contributed by atoms with E-state index in [0.717, 1.165) is 13.1 Å². The summed E-state index contributed by atoms with van der Waals surface area (Å²) in [7, 11) is 0. The van der Waals surface area contributed by atoms with Crippen LogP contribution >= 0.6 is 0 Å². The first-order valence-corrected chi connectivity index (χ1v) is 4.86. The van der Waals surface area contributed by atoms with Crippen LogP contribution in [0.15, 0.2) is 6.20 Å². The van der Waals surface area contributed by atoms with Crippen LogP contribution in [0.1, 0.15) is 23.2 Å². The van der Waals surface area contributed by atoms with Gasteiger partial charge in [-0.3, -0.25) is 9.78 Å². The van der Waals surface area contributed by atoms with E-state index in [0.29, 0.717) is 0 Å². The Hall–Kier alpha value is -1.93. The Morgan fingerprint density at radius 3 is 2.47 bits per heavy atom. The summed E-state index contributed by atoms with van der Waals surface area (Å²) in [5, 5.41) is 8.55. The minimum absolute atomic E-state index is 0.129. The molecule has 19 heavy (non-hydrogen) atoms. The zero-order valence-electron chi connectivity index (χ0n) is 9.46. The summed E-state index contributed by atoms with van der Waals surface area (Å²) < 4.78 is 65.1. The quantitative estimate of drug-likeness (QED) is 0.864. The summed E-state index contributed by atoms with van der Waals surface area (Å²) in [4.78, 5) is 13.6. The fourth-order valence-corrected chi connectivity index (χ4v) is 1.38. The van der Waals surface area contributed by atoms with Crippen LogP contribution in [-0.4, -0.2) is 22.4 Å². The Labute approximate surface area is 103 Å². The zero-order chi connectivity index (χ0) is 14.8. The second-order valence-corrected chi connectivity index (χ2v) is 3.54. The summed E-state index contributed by atoms with van der Waals surface area (Å²) in [5.74, 6) is -2.48. The van der Waals surface area contributed by atoms with E-state index in [4.69, 9.17) is 5.11 Å². The van der Waals surface area contributed by atoms with Gasteiger partial charge >= 0.3 is 12.3 Å². The van der Waals surface area contributed by atoms with E-state index in [1.54, 1.807) is 0 Å². The molecule has 4 nitrogen and oxygen atoms in total. The standard InChI is InChI=1S/C10H8F5NO3/c1-4-5(2-6(17)18)3-16-7(9(11)12)8(4)19-10(13,14)15/h3,9H,2H2,1H3,(H,17,18). The number of carboxylic acid groups (broad SMARTS) is 1. The smallest absolute Gasteiger partial charge is 0.481 e. The monoisotopic (exact) mass is 285 g/mol. The Balaban J connectivity index is 3.31. The van der Waals surface area contributed by atoms with Gasteiger partial charge in [0.25, 0.3) is 6.43 Å². The van der Waals surface area contributed by atoms with E-state index < -0.39 is 36.6 Å². The average molecular weight is 285 g/mol. The molecule has 0 aliphatic rings. The number of carboxylic acids is 1. The predicted octanol–water partition coefficient (Wildman–Crippen LogP) is 2.85. The molecule has 0 aromatic carbocycles. The second kappa shape index (κ2) is 5.37. The molecule has 0 saturated carbocycles. The summed E-state index contributed by atoms with van der Waals surface area (Å²) in [6, 6.07) is 0. The summed E-state index contributed by atoms with van der Waals surface area (Å²) in [6.07, 6.45) is -8.28. The molecule has 0 atom stereocenters. The number of alkyl halides is 5. The molecule has 0 saturated heterocycles. The topological polar surface area (TPSA) is 59.4 Å². The lowest BCUT2D eigenvalue weighted by atomic mass is 10.1. The lowest BCUT2D eigenvalue weighted by Crippen LogP contribution is -2.20. The third kappa shape index (κ3) is 4.04. The van der Waals surface area contributed by atoms with E-state index in [-0.39, 0.29) is 11.1 Å². The van der Waals surface area contributed by atoms with Gasteiger partial charge in [-0.25, -0.2) is 8.78 Å². The predicted molar refractivity (Wildman–Crippen MR) is 52.0 cm³/mol. The molecule has 0 fully saturated rings. The number of halogens is 5. The highest BCUT2D eigenvalue weighted by atomic mass is 19.4. The normalized spacial score (nSPS) is 11.7. The van der Waals surface area contributed by atoms with Crippen LogP contribution in [0.5, 0.6) is 5.75 Å². The van der Waals surface area contributed by atoms with Gasteiger partial charge < -0.3 is 9.84 Å². The van der Waals surface area contributed by atoms with E-state index in [1.807, 2.05) is 0 Å². The molecule has 1 rings (SSSR count). The lowest BCUT2D eigenvalue weighted by molar-refractivity contribution is -0.275. The first-order chi connectivity index (χ1) is 8.61. The number of pyridine rings is 1. The van der Waals surface area contributed by atoms with Gasteiger partial charge in [0.2, 0.25) is 0 Å². The molecular weight excluding hydrogens is 277 g/mol. The van der Waals surface area contributed by atoms with Gasteiger partial charge in [0.1, 0.15) is 5.69 Å². The average Bonchev–Trinajstić information content (AvgIpc) is 2.21. The van der Waals surface area contributed by atoms with E-state index in [1.165, 1.54) is 0 Å². The maximum absolute atomic E-state index is 12.6. The van der Waals surface area contributed by atoms with Crippen molar-refractivity contribution in [2.75, 3.05) is 0 Å². The number of carbonyl (C=O) groups is 1. The molecule has 1 N–H and O–H groups in total.